The van der Waals surface area contributed by atoms with Gasteiger partial charge in [-0.2, -0.15) is 0 Å². The lowest BCUT2D eigenvalue weighted by Crippen LogP contribution is -2.64. The highest BCUT2D eigenvalue weighted by Crippen LogP contribution is 2.69. The fourth-order valence-corrected chi connectivity index (χ4v) is 9.13. The molecule has 0 aromatic carbocycles. The number of ketones is 1. The van der Waals surface area contributed by atoms with Crippen molar-refractivity contribution >= 4 is 17.7 Å². The molecule has 0 radical (unpaired) electrons. The summed E-state index contributed by atoms with van der Waals surface area (Å²) in [5.74, 6) is 0.525. The lowest BCUT2D eigenvalue weighted by atomic mass is 9.43. The minimum Gasteiger partial charge on any atom is -0.462 e. The van der Waals surface area contributed by atoms with E-state index in [2.05, 4.69) is 13.8 Å². The van der Waals surface area contributed by atoms with Crippen LogP contribution in [0.25, 0.3) is 0 Å². The van der Waals surface area contributed by atoms with Gasteiger partial charge in [0.1, 0.15) is 17.8 Å². The molecular formula is C28H44O6. The van der Waals surface area contributed by atoms with Gasteiger partial charge < -0.3 is 14.6 Å². The molecule has 0 aromatic heterocycles. The topological polar surface area (TPSA) is 89.9 Å². The van der Waals surface area contributed by atoms with Crippen LogP contribution >= 0.6 is 0 Å². The van der Waals surface area contributed by atoms with Gasteiger partial charge >= 0.3 is 11.9 Å². The van der Waals surface area contributed by atoms with Crippen molar-refractivity contribution < 1.29 is 29.0 Å². The van der Waals surface area contributed by atoms with E-state index in [1.807, 2.05) is 20.8 Å². The second kappa shape index (κ2) is 8.90. The van der Waals surface area contributed by atoms with Gasteiger partial charge in [-0.05, 0) is 81.0 Å². The Morgan fingerprint density at radius 1 is 0.971 bits per heavy atom. The van der Waals surface area contributed by atoms with Crippen molar-refractivity contribution in [3.05, 3.63) is 0 Å². The molecule has 4 fully saturated rings. The molecule has 0 spiro atoms. The SMILES string of the molecule is CCC(=O)O[C@@H]1CC[C@@]2(C)[C@@H](CC[C@H]3[C@@H]2[C@H](OC(=O)CC)C[C@@]2(C)[C@H]3C[C@@H](C)[C@]2(O)C(C)=O)C1. The molecule has 4 rings (SSSR count). The Balaban J connectivity index is 1.69. The molecule has 192 valence electrons. The van der Waals surface area contributed by atoms with Gasteiger partial charge in [0.05, 0.1) is 0 Å². The Morgan fingerprint density at radius 2 is 1.62 bits per heavy atom. The minimum atomic E-state index is -1.39. The smallest absolute Gasteiger partial charge is 0.305 e. The van der Waals surface area contributed by atoms with Gasteiger partial charge in [0.25, 0.3) is 0 Å². The van der Waals surface area contributed by atoms with Crippen LogP contribution in [0.4, 0.5) is 0 Å². The lowest BCUT2D eigenvalue weighted by Gasteiger charge is -2.63. The molecule has 0 aromatic rings. The van der Waals surface area contributed by atoms with E-state index in [-0.39, 0.29) is 53.1 Å². The number of carbonyl (C=O) groups is 3. The molecule has 4 aliphatic rings. The molecule has 0 bridgehead atoms. The Morgan fingerprint density at radius 3 is 2.24 bits per heavy atom. The Kier molecular flexibility index (Phi) is 6.72. The van der Waals surface area contributed by atoms with Gasteiger partial charge in [-0.3, -0.25) is 14.4 Å². The van der Waals surface area contributed by atoms with Crippen molar-refractivity contribution in [2.24, 2.45) is 40.4 Å². The van der Waals surface area contributed by atoms with E-state index in [9.17, 15) is 19.5 Å². The minimum absolute atomic E-state index is 0.0157. The average molecular weight is 477 g/mol. The number of rotatable bonds is 5. The van der Waals surface area contributed by atoms with E-state index in [1.165, 1.54) is 6.92 Å². The highest BCUT2D eigenvalue weighted by molar-refractivity contribution is 5.86. The molecular weight excluding hydrogens is 432 g/mol. The van der Waals surface area contributed by atoms with E-state index in [0.29, 0.717) is 31.1 Å². The molecule has 0 aliphatic heterocycles. The van der Waals surface area contributed by atoms with Crippen molar-refractivity contribution in [2.75, 3.05) is 0 Å². The Hall–Kier alpha value is -1.43. The zero-order chi connectivity index (χ0) is 25.1. The number of esters is 2. The molecule has 10 atom stereocenters. The van der Waals surface area contributed by atoms with Gasteiger partial charge in [0, 0.05) is 24.2 Å². The summed E-state index contributed by atoms with van der Waals surface area (Å²) in [4.78, 5) is 37.3. The van der Waals surface area contributed by atoms with Crippen molar-refractivity contribution in [3.63, 3.8) is 0 Å². The second-order valence-corrected chi connectivity index (χ2v) is 12.3. The van der Waals surface area contributed by atoms with Crippen LogP contribution in [0, 0.1) is 40.4 Å². The third-order valence-electron chi connectivity index (χ3n) is 10.8. The number of Topliss-reactive ketones (excluding diaryl/α,β-unsaturated/α-hetero) is 1. The monoisotopic (exact) mass is 476 g/mol. The summed E-state index contributed by atoms with van der Waals surface area (Å²) in [6.07, 6.45) is 6.44. The summed E-state index contributed by atoms with van der Waals surface area (Å²) < 4.78 is 11.9. The quantitative estimate of drug-likeness (QED) is 0.571. The van der Waals surface area contributed by atoms with Crippen LogP contribution in [0.2, 0.25) is 0 Å². The van der Waals surface area contributed by atoms with E-state index < -0.39 is 11.0 Å². The molecule has 4 aliphatic carbocycles. The van der Waals surface area contributed by atoms with Crippen LogP contribution in [0.3, 0.4) is 0 Å². The van der Waals surface area contributed by atoms with Crippen LogP contribution in [0.15, 0.2) is 0 Å². The van der Waals surface area contributed by atoms with E-state index >= 15 is 0 Å². The fraction of sp³-hybridized carbons (Fsp3) is 0.893. The fourth-order valence-electron chi connectivity index (χ4n) is 9.13. The van der Waals surface area contributed by atoms with Gasteiger partial charge in [0.15, 0.2) is 5.78 Å². The summed E-state index contributed by atoms with van der Waals surface area (Å²) >= 11 is 0. The van der Waals surface area contributed by atoms with Gasteiger partial charge in [-0.15, -0.1) is 0 Å². The van der Waals surface area contributed by atoms with Crippen LogP contribution in [-0.4, -0.2) is 40.6 Å². The van der Waals surface area contributed by atoms with Crippen molar-refractivity contribution in [1.29, 1.82) is 0 Å². The molecule has 4 saturated carbocycles. The summed E-state index contributed by atoms with van der Waals surface area (Å²) in [5.41, 5.74) is -2.00. The highest BCUT2D eigenvalue weighted by Gasteiger charge is 2.71. The predicted molar refractivity (Wildman–Crippen MR) is 128 cm³/mol. The molecule has 0 unspecified atom stereocenters. The molecule has 0 amide bonds. The number of fused-ring (bicyclic) bond motifs is 5. The van der Waals surface area contributed by atoms with E-state index in [0.717, 1.165) is 38.5 Å². The number of aliphatic hydroxyl groups is 1. The average Bonchev–Trinajstić information content (AvgIpc) is 3.00. The Labute approximate surface area is 204 Å². The van der Waals surface area contributed by atoms with Gasteiger partial charge in [0.2, 0.25) is 0 Å². The molecule has 0 saturated heterocycles. The maximum absolute atomic E-state index is 12.8. The maximum Gasteiger partial charge on any atom is 0.305 e. The van der Waals surface area contributed by atoms with Gasteiger partial charge in [-0.25, -0.2) is 0 Å². The largest absolute Gasteiger partial charge is 0.462 e. The zero-order valence-corrected chi connectivity index (χ0v) is 21.9. The van der Waals surface area contributed by atoms with E-state index in [4.69, 9.17) is 9.47 Å². The second-order valence-electron chi connectivity index (χ2n) is 12.3. The third kappa shape index (κ3) is 3.65. The van der Waals surface area contributed by atoms with Crippen LogP contribution in [-0.2, 0) is 23.9 Å². The summed E-state index contributed by atoms with van der Waals surface area (Å²) in [5, 5.41) is 11.8. The summed E-state index contributed by atoms with van der Waals surface area (Å²) in [6.45, 7) is 11.6. The predicted octanol–water partition coefficient (Wildman–Crippen LogP) is 4.85. The maximum atomic E-state index is 12.8. The van der Waals surface area contributed by atoms with Crippen LogP contribution in [0.1, 0.15) is 99.3 Å². The normalized spacial score (nSPS) is 47.7. The molecule has 1 N–H and O–H groups in total. The number of hydrogen-bond acceptors (Lipinski definition) is 6. The number of carbonyl (C=O) groups excluding carboxylic acids is 3. The first kappa shape index (κ1) is 25.7. The first-order valence-electron chi connectivity index (χ1n) is 13.5. The summed E-state index contributed by atoms with van der Waals surface area (Å²) in [6, 6.07) is 0. The highest BCUT2D eigenvalue weighted by atomic mass is 16.5. The van der Waals surface area contributed by atoms with Crippen molar-refractivity contribution in [3.8, 4) is 0 Å². The lowest BCUT2D eigenvalue weighted by molar-refractivity contribution is -0.216. The number of hydrogen-bond donors (Lipinski definition) is 1. The van der Waals surface area contributed by atoms with Gasteiger partial charge in [-0.1, -0.05) is 34.6 Å². The van der Waals surface area contributed by atoms with Crippen LogP contribution < -0.4 is 0 Å². The van der Waals surface area contributed by atoms with E-state index in [1.54, 1.807) is 0 Å². The molecule has 34 heavy (non-hydrogen) atoms. The molecule has 6 heteroatoms. The Bertz CT molecular complexity index is 839. The standard InChI is InChI=1S/C28H44O6/c1-7-23(30)33-19-11-12-26(5)18(14-19)9-10-20-21-13-16(3)28(32,17(4)29)27(21,6)15-22(25(20)26)34-24(31)8-2/h16,18-22,25,32H,7-15H2,1-6H3/t16-,18+,19-,20-,21+,22-,25-,26+,27+,28+/m1/s1. The summed E-state index contributed by atoms with van der Waals surface area (Å²) in [7, 11) is 0. The first-order valence-corrected chi connectivity index (χ1v) is 13.5. The first-order chi connectivity index (χ1) is 15.9. The van der Waals surface area contributed by atoms with Crippen LogP contribution in [0.5, 0.6) is 0 Å². The third-order valence-corrected chi connectivity index (χ3v) is 10.8. The van der Waals surface area contributed by atoms with Crippen molar-refractivity contribution in [2.45, 2.75) is 117 Å². The number of ether oxygens (including phenoxy) is 2. The molecule has 6 nitrogen and oxygen atoms in total. The van der Waals surface area contributed by atoms with Crippen molar-refractivity contribution in [1.82, 2.24) is 0 Å². The zero-order valence-electron chi connectivity index (χ0n) is 21.9. The molecule has 0 heterocycles.